The van der Waals surface area contributed by atoms with Gasteiger partial charge in [-0.05, 0) is 61.4 Å². The summed E-state index contributed by atoms with van der Waals surface area (Å²) in [6, 6.07) is 7.79. The molecule has 0 amide bonds. The molecule has 0 spiro atoms. The minimum absolute atomic E-state index is 0.0735. The van der Waals surface area contributed by atoms with E-state index in [1.807, 2.05) is 31.2 Å². The highest BCUT2D eigenvalue weighted by Crippen LogP contribution is 2.28. The standard InChI is InChI=1S/C18H20ClNO2/c1-12-15-5-3-4-6-16(15)17(19)18(21)20(12)11-13-7-9-14(22-2)10-8-13/h7-10H,3-6,11H2,1-2H3. The van der Waals surface area contributed by atoms with Crippen LogP contribution < -0.4 is 10.3 Å². The van der Waals surface area contributed by atoms with Crippen LogP contribution >= 0.6 is 11.6 Å². The Balaban J connectivity index is 2.03. The lowest BCUT2D eigenvalue weighted by molar-refractivity contribution is 0.414. The summed E-state index contributed by atoms with van der Waals surface area (Å²) in [7, 11) is 1.65. The van der Waals surface area contributed by atoms with Gasteiger partial charge >= 0.3 is 0 Å². The Morgan fingerprint density at radius 3 is 2.41 bits per heavy atom. The van der Waals surface area contributed by atoms with Crippen LogP contribution in [0.3, 0.4) is 0 Å². The van der Waals surface area contributed by atoms with E-state index in [4.69, 9.17) is 16.3 Å². The third kappa shape index (κ3) is 2.66. The average molecular weight is 318 g/mol. The number of fused-ring (bicyclic) bond motifs is 1. The largest absolute Gasteiger partial charge is 0.497 e. The van der Waals surface area contributed by atoms with Gasteiger partial charge in [-0.15, -0.1) is 0 Å². The van der Waals surface area contributed by atoms with Crippen molar-refractivity contribution in [3.8, 4) is 5.75 Å². The average Bonchev–Trinajstić information content (AvgIpc) is 2.57. The van der Waals surface area contributed by atoms with E-state index < -0.39 is 0 Å². The topological polar surface area (TPSA) is 31.2 Å². The molecule has 116 valence electrons. The summed E-state index contributed by atoms with van der Waals surface area (Å²) in [4.78, 5) is 12.6. The summed E-state index contributed by atoms with van der Waals surface area (Å²) in [5, 5.41) is 0.411. The molecule has 0 saturated heterocycles. The number of methoxy groups -OCH3 is 1. The lowest BCUT2D eigenvalue weighted by Crippen LogP contribution is -2.28. The molecule has 1 aliphatic carbocycles. The van der Waals surface area contributed by atoms with E-state index >= 15 is 0 Å². The van der Waals surface area contributed by atoms with Gasteiger partial charge < -0.3 is 9.30 Å². The Bertz CT molecular complexity index is 747. The van der Waals surface area contributed by atoms with Gasteiger partial charge in [0.25, 0.3) is 5.56 Å². The summed E-state index contributed by atoms with van der Waals surface area (Å²) in [6.07, 6.45) is 4.23. The number of nitrogens with zero attached hydrogens (tertiary/aromatic N) is 1. The van der Waals surface area contributed by atoms with E-state index in [0.29, 0.717) is 11.6 Å². The quantitative estimate of drug-likeness (QED) is 0.863. The molecule has 0 N–H and O–H groups in total. The molecule has 2 aromatic rings. The van der Waals surface area contributed by atoms with E-state index in [-0.39, 0.29) is 5.56 Å². The van der Waals surface area contributed by atoms with Crippen molar-refractivity contribution in [3.05, 3.63) is 62.0 Å². The minimum atomic E-state index is -0.0735. The van der Waals surface area contributed by atoms with Gasteiger partial charge in [0.2, 0.25) is 0 Å². The maximum Gasteiger partial charge on any atom is 0.270 e. The third-order valence-electron chi connectivity index (χ3n) is 4.51. The normalized spacial score (nSPS) is 13.8. The second kappa shape index (κ2) is 6.17. The van der Waals surface area contributed by atoms with E-state index in [1.165, 1.54) is 12.0 Å². The summed E-state index contributed by atoms with van der Waals surface area (Å²) in [5.74, 6) is 0.816. The first-order valence-electron chi connectivity index (χ1n) is 7.65. The maximum atomic E-state index is 12.6. The summed E-state index contributed by atoms with van der Waals surface area (Å²) in [5.41, 5.74) is 4.39. The van der Waals surface area contributed by atoms with E-state index in [2.05, 4.69) is 0 Å². The van der Waals surface area contributed by atoms with Crippen molar-refractivity contribution in [2.24, 2.45) is 0 Å². The zero-order valence-corrected chi connectivity index (χ0v) is 13.7. The van der Waals surface area contributed by atoms with Gasteiger partial charge in [-0.1, -0.05) is 23.7 Å². The molecule has 3 nitrogen and oxygen atoms in total. The van der Waals surface area contributed by atoms with Crippen LogP contribution in [0, 0.1) is 6.92 Å². The Kier molecular flexibility index (Phi) is 4.25. The monoisotopic (exact) mass is 317 g/mol. The molecule has 0 unspecified atom stereocenters. The number of benzene rings is 1. The maximum absolute atomic E-state index is 12.6. The smallest absolute Gasteiger partial charge is 0.270 e. The molecule has 1 aromatic carbocycles. The molecule has 3 rings (SSSR count). The molecule has 1 heterocycles. The first-order valence-corrected chi connectivity index (χ1v) is 8.03. The molecular weight excluding hydrogens is 298 g/mol. The predicted octanol–water partition coefficient (Wildman–Crippen LogP) is 3.75. The third-order valence-corrected chi connectivity index (χ3v) is 4.90. The Morgan fingerprint density at radius 1 is 1.14 bits per heavy atom. The highest BCUT2D eigenvalue weighted by molar-refractivity contribution is 6.31. The molecule has 0 bridgehead atoms. The van der Waals surface area contributed by atoms with Crippen LogP contribution in [0.5, 0.6) is 5.75 Å². The molecule has 0 aliphatic heterocycles. The van der Waals surface area contributed by atoms with Crippen molar-refractivity contribution in [2.45, 2.75) is 39.2 Å². The summed E-state index contributed by atoms with van der Waals surface area (Å²) >= 11 is 6.35. The fourth-order valence-corrected chi connectivity index (χ4v) is 3.52. The number of hydrogen-bond donors (Lipinski definition) is 0. The zero-order valence-electron chi connectivity index (χ0n) is 13.0. The van der Waals surface area contributed by atoms with Crippen LogP contribution in [-0.2, 0) is 19.4 Å². The predicted molar refractivity (Wildman–Crippen MR) is 89.2 cm³/mol. The second-order valence-corrected chi connectivity index (χ2v) is 6.18. The molecule has 0 radical (unpaired) electrons. The van der Waals surface area contributed by atoms with E-state index in [1.54, 1.807) is 11.7 Å². The molecule has 0 fully saturated rings. The summed E-state index contributed by atoms with van der Waals surface area (Å²) in [6.45, 7) is 2.58. The highest BCUT2D eigenvalue weighted by Gasteiger charge is 2.20. The van der Waals surface area contributed by atoms with Crippen LogP contribution in [0.1, 0.15) is 35.2 Å². The zero-order chi connectivity index (χ0) is 15.7. The van der Waals surface area contributed by atoms with Gasteiger partial charge in [-0.3, -0.25) is 4.79 Å². The van der Waals surface area contributed by atoms with Crippen LogP contribution in [0.2, 0.25) is 5.02 Å². The summed E-state index contributed by atoms with van der Waals surface area (Å²) < 4.78 is 6.97. The number of ether oxygens (including phenoxy) is 1. The molecule has 1 aliphatic rings. The Labute approximate surface area is 135 Å². The number of halogens is 1. The van der Waals surface area contributed by atoms with Gasteiger partial charge in [0, 0.05) is 5.69 Å². The molecule has 0 saturated carbocycles. The lowest BCUT2D eigenvalue weighted by atomic mass is 9.91. The highest BCUT2D eigenvalue weighted by atomic mass is 35.5. The molecule has 1 aromatic heterocycles. The first kappa shape index (κ1) is 15.2. The van der Waals surface area contributed by atoms with Crippen molar-refractivity contribution >= 4 is 11.6 Å². The van der Waals surface area contributed by atoms with Crippen LogP contribution in [-0.4, -0.2) is 11.7 Å². The lowest BCUT2D eigenvalue weighted by Gasteiger charge is -2.23. The van der Waals surface area contributed by atoms with Gasteiger partial charge in [-0.2, -0.15) is 0 Å². The fourth-order valence-electron chi connectivity index (χ4n) is 3.21. The first-order chi connectivity index (χ1) is 10.6. The molecule has 4 heteroatoms. The van der Waals surface area contributed by atoms with Crippen molar-refractivity contribution in [3.63, 3.8) is 0 Å². The van der Waals surface area contributed by atoms with E-state index in [0.717, 1.165) is 41.8 Å². The fraction of sp³-hybridized carbons (Fsp3) is 0.389. The van der Waals surface area contributed by atoms with Crippen molar-refractivity contribution in [1.82, 2.24) is 4.57 Å². The van der Waals surface area contributed by atoms with Crippen molar-refractivity contribution < 1.29 is 4.74 Å². The SMILES string of the molecule is COc1ccc(Cn2c(C)c3c(c(Cl)c2=O)CCCC3)cc1. The number of pyridine rings is 1. The Morgan fingerprint density at radius 2 is 1.77 bits per heavy atom. The van der Waals surface area contributed by atoms with Gasteiger partial charge in [0.1, 0.15) is 10.8 Å². The van der Waals surface area contributed by atoms with Crippen LogP contribution in [0.25, 0.3) is 0 Å². The van der Waals surface area contributed by atoms with Crippen LogP contribution in [0.15, 0.2) is 29.1 Å². The van der Waals surface area contributed by atoms with Gasteiger partial charge in [0.15, 0.2) is 0 Å². The van der Waals surface area contributed by atoms with Gasteiger partial charge in [-0.25, -0.2) is 0 Å². The van der Waals surface area contributed by atoms with Crippen molar-refractivity contribution in [1.29, 1.82) is 0 Å². The number of aromatic nitrogens is 1. The Hall–Kier alpha value is -1.74. The minimum Gasteiger partial charge on any atom is -0.497 e. The molecule has 22 heavy (non-hydrogen) atoms. The molecular formula is C18H20ClNO2. The van der Waals surface area contributed by atoms with Gasteiger partial charge in [0.05, 0.1) is 13.7 Å². The number of hydrogen-bond acceptors (Lipinski definition) is 2. The van der Waals surface area contributed by atoms with E-state index in [9.17, 15) is 4.79 Å². The second-order valence-electron chi connectivity index (χ2n) is 5.80. The van der Waals surface area contributed by atoms with Crippen molar-refractivity contribution in [2.75, 3.05) is 7.11 Å². The number of rotatable bonds is 3. The van der Waals surface area contributed by atoms with Crippen LogP contribution in [0.4, 0.5) is 0 Å². The molecule has 0 atom stereocenters.